The van der Waals surface area contributed by atoms with Crippen molar-refractivity contribution in [3.05, 3.63) is 91.9 Å². The van der Waals surface area contributed by atoms with Gasteiger partial charge in [0.25, 0.3) is 10.0 Å². The lowest BCUT2D eigenvalue weighted by molar-refractivity contribution is -0.139. The van der Waals surface area contributed by atoms with E-state index in [1.165, 1.54) is 35.2 Å². The van der Waals surface area contributed by atoms with E-state index in [0.717, 1.165) is 9.87 Å². The number of hydrogen-bond donors (Lipinski definition) is 1. The minimum absolute atomic E-state index is 0.0229. The maximum Gasteiger partial charge on any atom is 0.264 e. The van der Waals surface area contributed by atoms with Crippen LogP contribution in [0.5, 0.6) is 0 Å². The molecule has 0 aliphatic rings. The first-order valence-corrected chi connectivity index (χ1v) is 15.8. The van der Waals surface area contributed by atoms with E-state index in [4.69, 9.17) is 46.4 Å². The molecule has 2 atom stereocenters. The molecule has 0 fully saturated rings. The number of rotatable bonds is 11. The molecule has 0 aliphatic carbocycles. The maximum atomic E-state index is 14.0. The summed E-state index contributed by atoms with van der Waals surface area (Å²) in [6.07, 6.45) is 0.683. The molecule has 2 unspecified atom stereocenters. The Morgan fingerprint density at radius 3 is 2.05 bits per heavy atom. The Bertz CT molecular complexity index is 1500. The van der Waals surface area contributed by atoms with Crippen molar-refractivity contribution < 1.29 is 18.0 Å². The molecule has 220 valence electrons. The van der Waals surface area contributed by atoms with Crippen LogP contribution in [-0.4, -0.2) is 43.8 Å². The Morgan fingerprint density at radius 2 is 1.49 bits per heavy atom. The molecular formula is C29H31Cl4N3O4S. The second-order valence-electron chi connectivity index (χ2n) is 9.64. The highest BCUT2D eigenvalue weighted by atomic mass is 35.5. The van der Waals surface area contributed by atoms with Crippen LogP contribution in [0.25, 0.3) is 0 Å². The van der Waals surface area contributed by atoms with Crippen molar-refractivity contribution >= 4 is 73.9 Å². The fraction of sp³-hybridized carbons (Fsp3) is 0.310. The number of nitrogens with one attached hydrogen (secondary N) is 1. The van der Waals surface area contributed by atoms with Crippen LogP contribution >= 0.6 is 46.4 Å². The molecule has 41 heavy (non-hydrogen) atoms. The number of nitrogens with zero attached hydrogens (tertiary/aromatic N) is 2. The van der Waals surface area contributed by atoms with E-state index in [1.54, 1.807) is 37.3 Å². The molecule has 0 aromatic heterocycles. The third-order valence-electron chi connectivity index (χ3n) is 6.64. The van der Waals surface area contributed by atoms with Gasteiger partial charge >= 0.3 is 0 Å². The number of hydrogen-bond acceptors (Lipinski definition) is 4. The Balaban J connectivity index is 2.09. The van der Waals surface area contributed by atoms with Crippen LogP contribution in [0.15, 0.2) is 65.6 Å². The standard InChI is InChI=1S/C29H31Cl4N3O4S/c1-5-19(3)34-29(38)20(4)35(16-23-24(30)7-6-8-25(23)31)28(37)17-36(21-11-14-26(32)27(33)15-21)41(39,40)22-12-9-18(2)10-13-22/h6-15,19-20H,5,16-17H2,1-4H3,(H,34,38). The van der Waals surface area contributed by atoms with Gasteiger partial charge < -0.3 is 10.2 Å². The number of anilines is 1. The monoisotopic (exact) mass is 657 g/mol. The molecule has 1 N–H and O–H groups in total. The zero-order valence-electron chi connectivity index (χ0n) is 23.0. The number of amides is 2. The molecule has 3 aromatic carbocycles. The van der Waals surface area contributed by atoms with Crippen molar-refractivity contribution in [1.29, 1.82) is 0 Å². The SMILES string of the molecule is CCC(C)NC(=O)C(C)N(Cc1c(Cl)cccc1Cl)C(=O)CN(c1ccc(Cl)c(Cl)c1)S(=O)(=O)c1ccc(C)cc1. The molecular weight excluding hydrogens is 628 g/mol. The number of carbonyl (C=O) groups is 2. The van der Waals surface area contributed by atoms with Crippen molar-refractivity contribution in [2.45, 2.75) is 57.6 Å². The molecule has 0 saturated heterocycles. The molecule has 0 heterocycles. The van der Waals surface area contributed by atoms with E-state index in [9.17, 15) is 18.0 Å². The number of benzene rings is 3. The molecule has 0 radical (unpaired) electrons. The van der Waals surface area contributed by atoms with E-state index in [-0.39, 0.29) is 33.2 Å². The van der Waals surface area contributed by atoms with Gasteiger partial charge in [-0.05, 0) is 69.7 Å². The minimum Gasteiger partial charge on any atom is -0.352 e. The van der Waals surface area contributed by atoms with Crippen molar-refractivity contribution in [1.82, 2.24) is 10.2 Å². The van der Waals surface area contributed by atoms with Crippen LogP contribution in [-0.2, 0) is 26.2 Å². The molecule has 0 saturated carbocycles. The first-order chi connectivity index (χ1) is 19.3. The molecule has 0 aliphatic heterocycles. The summed E-state index contributed by atoms with van der Waals surface area (Å²) < 4.78 is 28.8. The van der Waals surface area contributed by atoms with Crippen LogP contribution in [0, 0.1) is 6.92 Å². The van der Waals surface area contributed by atoms with Crippen LogP contribution < -0.4 is 9.62 Å². The third-order valence-corrected chi connectivity index (χ3v) is 9.87. The van der Waals surface area contributed by atoms with E-state index in [1.807, 2.05) is 20.8 Å². The van der Waals surface area contributed by atoms with Crippen LogP contribution in [0.2, 0.25) is 20.1 Å². The summed E-state index contributed by atoms with van der Waals surface area (Å²) in [4.78, 5) is 28.4. The van der Waals surface area contributed by atoms with Gasteiger partial charge in [-0.1, -0.05) is 77.1 Å². The van der Waals surface area contributed by atoms with Gasteiger partial charge in [-0.25, -0.2) is 8.42 Å². The number of aryl methyl sites for hydroxylation is 1. The van der Waals surface area contributed by atoms with Crippen molar-refractivity contribution in [2.75, 3.05) is 10.8 Å². The van der Waals surface area contributed by atoms with Gasteiger partial charge in [-0.15, -0.1) is 0 Å². The molecule has 3 aromatic rings. The first kappa shape index (κ1) is 33.0. The van der Waals surface area contributed by atoms with Crippen LogP contribution in [0.4, 0.5) is 5.69 Å². The second-order valence-corrected chi connectivity index (χ2v) is 13.1. The number of halogens is 4. The summed E-state index contributed by atoms with van der Waals surface area (Å²) in [6.45, 7) is 6.40. The lowest BCUT2D eigenvalue weighted by Gasteiger charge is -2.33. The van der Waals surface area contributed by atoms with Gasteiger partial charge in [-0.2, -0.15) is 0 Å². The highest BCUT2D eigenvalue weighted by Crippen LogP contribution is 2.32. The zero-order valence-corrected chi connectivity index (χ0v) is 26.8. The Kier molecular flexibility index (Phi) is 11.4. The Hall–Kier alpha value is -2.49. The van der Waals surface area contributed by atoms with Crippen LogP contribution in [0.1, 0.15) is 38.3 Å². The van der Waals surface area contributed by atoms with Gasteiger partial charge in [0.15, 0.2) is 0 Å². The van der Waals surface area contributed by atoms with E-state index in [0.29, 0.717) is 22.0 Å². The van der Waals surface area contributed by atoms with Gasteiger partial charge in [0.2, 0.25) is 11.8 Å². The Labute approximate surface area is 261 Å². The second kappa shape index (κ2) is 14.1. The summed E-state index contributed by atoms with van der Waals surface area (Å²) in [7, 11) is -4.26. The van der Waals surface area contributed by atoms with Gasteiger partial charge in [0, 0.05) is 28.2 Å². The average molecular weight is 659 g/mol. The predicted molar refractivity (Wildman–Crippen MR) is 167 cm³/mol. The lowest BCUT2D eigenvalue weighted by atomic mass is 10.1. The molecule has 0 spiro atoms. The summed E-state index contributed by atoms with van der Waals surface area (Å²) in [6, 6.07) is 14.3. The first-order valence-electron chi connectivity index (χ1n) is 12.8. The van der Waals surface area contributed by atoms with Gasteiger partial charge in [0.1, 0.15) is 12.6 Å². The van der Waals surface area contributed by atoms with Crippen molar-refractivity contribution in [3.63, 3.8) is 0 Å². The Morgan fingerprint density at radius 1 is 0.878 bits per heavy atom. The maximum absolute atomic E-state index is 14.0. The van der Waals surface area contributed by atoms with E-state index in [2.05, 4.69) is 5.32 Å². The highest BCUT2D eigenvalue weighted by molar-refractivity contribution is 7.92. The molecule has 12 heteroatoms. The van der Waals surface area contributed by atoms with Crippen LogP contribution in [0.3, 0.4) is 0 Å². The number of carbonyl (C=O) groups excluding carboxylic acids is 2. The summed E-state index contributed by atoms with van der Waals surface area (Å²) >= 11 is 25.2. The third kappa shape index (κ3) is 8.08. The fourth-order valence-electron chi connectivity index (χ4n) is 3.91. The van der Waals surface area contributed by atoms with Gasteiger partial charge in [0.05, 0.1) is 20.6 Å². The summed E-state index contributed by atoms with van der Waals surface area (Å²) in [5.74, 6) is -1.06. The smallest absolute Gasteiger partial charge is 0.264 e. The average Bonchev–Trinajstić information content (AvgIpc) is 2.92. The summed E-state index contributed by atoms with van der Waals surface area (Å²) in [5, 5.41) is 3.82. The fourth-order valence-corrected chi connectivity index (χ4v) is 6.12. The van der Waals surface area contributed by atoms with E-state index >= 15 is 0 Å². The normalized spacial score (nSPS) is 12.9. The molecule has 7 nitrogen and oxygen atoms in total. The molecule has 2 amide bonds. The van der Waals surface area contributed by atoms with Gasteiger partial charge in [-0.3, -0.25) is 13.9 Å². The number of sulfonamides is 1. The van der Waals surface area contributed by atoms with Crippen molar-refractivity contribution in [2.24, 2.45) is 0 Å². The highest BCUT2D eigenvalue weighted by Gasteiger charge is 2.33. The predicted octanol–water partition coefficient (Wildman–Crippen LogP) is 7.14. The topological polar surface area (TPSA) is 86.8 Å². The lowest BCUT2D eigenvalue weighted by Crippen LogP contribution is -2.52. The zero-order chi connectivity index (χ0) is 30.5. The quantitative estimate of drug-likeness (QED) is 0.237. The molecule has 0 bridgehead atoms. The minimum atomic E-state index is -4.26. The molecule has 3 rings (SSSR count). The largest absolute Gasteiger partial charge is 0.352 e. The van der Waals surface area contributed by atoms with Crippen molar-refractivity contribution in [3.8, 4) is 0 Å². The summed E-state index contributed by atoms with van der Waals surface area (Å²) in [5.41, 5.74) is 1.42. The van der Waals surface area contributed by atoms with E-state index < -0.39 is 34.4 Å².